The van der Waals surface area contributed by atoms with E-state index in [0.717, 1.165) is 42.1 Å². The topological polar surface area (TPSA) is 68.3 Å². The molecule has 0 N–H and O–H groups in total. The number of imidazole rings is 1. The Labute approximate surface area is 183 Å². The van der Waals surface area contributed by atoms with E-state index in [1.165, 1.54) is 11.6 Å². The van der Waals surface area contributed by atoms with Crippen molar-refractivity contribution in [2.45, 2.75) is 13.1 Å². The van der Waals surface area contributed by atoms with Crippen molar-refractivity contribution in [2.75, 3.05) is 33.2 Å². The molecule has 0 bridgehead atoms. The maximum Gasteiger partial charge on any atom is 0.332 e. The molecule has 1 saturated heterocycles. The van der Waals surface area contributed by atoms with Gasteiger partial charge in [-0.25, -0.2) is 9.78 Å². The molecule has 0 unspecified atom stereocenters. The van der Waals surface area contributed by atoms with Crippen molar-refractivity contribution in [3.05, 3.63) is 60.5 Å². The molecular formula is C20H24Cl2N6O2. The molecule has 1 fully saturated rings. The minimum Gasteiger partial charge on any atom is -0.316 e. The van der Waals surface area contributed by atoms with Crippen LogP contribution < -0.4 is 11.2 Å². The number of nitrogens with zero attached hydrogens (tertiary/aromatic N) is 6. The van der Waals surface area contributed by atoms with E-state index in [1.807, 2.05) is 10.6 Å². The van der Waals surface area contributed by atoms with Crippen LogP contribution in [0.1, 0.15) is 11.4 Å². The number of hydrogen-bond acceptors (Lipinski definition) is 5. The number of aryl methyl sites for hydroxylation is 1. The van der Waals surface area contributed by atoms with E-state index in [-0.39, 0.29) is 5.56 Å². The molecule has 0 radical (unpaired) electrons. The van der Waals surface area contributed by atoms with Crippen molar-refractivity contribution in [2.24, 2.45) is 14.1 Å². The average Bonchev–Trinajstić information content (AvgIpc) is 3.06. The highest BCUT2D eigenvalue weighted by molar-refractivity contribution is 6.35. The molecule has 0 atom stereocenters. The summed E-state index contributed by atoms with van der Waals surface area (Å²) in [5, 5.41) is 1.08. The summed E-state index contributed by atoms with van der Waals surface area (Å²) in [6.45, 7) is 4.73. The number of benzene rings is 1. The Morgan fingerprint density at radius 1 is 0.967 bits per heavy atom. The smallest absolute Gasteiger partial charge is 0.316 e. The van der Waals surface area contributed by atoms with Gasteiger partial charge in [-0.15, -0.1) is 0 Å². The minimum absolute atomic E-state index is 0.364. The van der Waals surface area contributed by atoms with Crippen molar-refractivity contribution >= 4 is 34.4 Å². The third-order valence-corrected chi connectivity index (χ3v) is 6.32. The van der Waals surface area contributed by atoms with Crippen molar-refractivity contribution in [1.29, 1.82) is 0 Å². The molecule has 0 spiro atoms. The summed E-state index contributed by atoms with van der Waals surface area (Å²) < 4.78 is 4.42. The summed E-state index contributed by atoms with van der Waals surface area (Å²) in [6, 6.07) is 5.31. The highest BCUT2D eigenvalue weighted by Crippen LogP contribution is 2.24. The molecule has 160 valence electrons. The van der Waals surface area contributed by atoms with Gasteiger partial charge in [0.2, 0.25) is 0 Å². The Bertz CT molecular complexity index is 1220. The van der Waals surface area contributed by atoms with Crippen LogP contribution in [-0.2, 0) is 27.2 Å². The molecule has 0 amide bonds. The number of likely N-dealkylation sites (N-methyl/N-ethyl adjacent to an activating group) is 1. The lowest BCUT2D eigenvalue weighted by Crippen LogP contribution is -2.44. The normalized spacial score (nSPS) is 15.9. The molecular weight excluding hydrogens is 427 g/mol. The van der Waals surface area contributed by atoms with Gasteiger partial charge >= 0.3 is 5.69 Å². The lowest BCUT2D eigenvalue weighted by atomic mass is 10.2. The number of halogens is 2. The van der Waals surface area contributed by atoms with Crippen molar-refractivity contribution < 1.29 is 0 Å². The number of hydrogen-bond donors (Lipinski definition) is 0. The summed E-state index contributed by atoms with van der Waals surface area (Å²) in [5.74, 6) is 0.735. The molecule has 30 heavy (non-hydrogen) atoms. The summed E-state index contributed by atoms with van der Waals surface area (Å²) in [4.78, 5) is 34.8. The average molecular weight is 451 g/mol. The largest absolute Gasteiger partial charge is 0.332 e. The van der Waals surface area contributed by atoms with Crippen LogP contribution >= 0.6 is 23.2 Å². The van der Waals surface area contributed by atoms with E-state index < -0.39 is 5.69 Å². The highest BCUT2D eigenvalue weighted by Gasteiger charge is 2.22. The Balaban J connectivity index is 1.86. The Morgan fingerprint density at radius 3 is 2.33 bits per heavy atom. The molecule has 0 aliphatic carbocycles. The maximum absolute atomic E-state index is 13.0. The van der Waals surface area contributed by atoms with E-state index in [1.54, 1.807) is 19.2 Å². The van der Waals surface area contributed by atoms with Crippen LogP contribution in [0.2, 0.25) is 10.0 Å². The van der Waals surface area contributed by atoms with Crippen LogP contribution in [0.25, 0.3) is 11.2 Å². The third kappa shape index (κ3) is 3.80. The first-order chi connectivity index (χ1) is 14.3. The second-order valence-corrected chi connectivity index (χ2v) is 8.65. The first-order valence-corrected chi connectivity index (χ1v) is 10.5. The maximum atomic E-state index is 13.0. The van der Waals surface area contributed by atoms with Crippen molar-refractivity contribution in [1.82, 2.24) is 28.5 Å². The second-order valence-electron chi connectivity index (χ2n) is 7.81. The van der Waals surface area contributed by atoms with Crippen LogP contribution in [0.3, 0.4) is 0 Å². The zero-order valence-electron chi connectivity index (χ0n) is 17.2. The minimum atomic E-state index is -0.396. The number of rotatable bonds is 4. The van der Waals surface area contributed by atoms with Crippen molar-refractivity contribution in [3.63, 3.8) is 0 Å². The van der Waals surface area contributed by atoms with Gasteiger partial charge in [-0.05, 0) is 24.7 Å². The van der Waals surface area contributed by atoms with Gasteiger partial charge in [0.05, 0.1) is 13.1 Å². The first kappa shape index (κ1) is 21.1. The third-order valence-electron chi connectivity index (χ3n) is 5.73. The fourth-order valence-corrected chi connectivity index (χ4v) is 4.28. The summed E-state index contributed by atoms with van der Waals surface area (Å²) in [7, 11) is 5.22. The number of aromatic nitrogens is 4. The predicted octanol–water partition coefficient (Wildman–Crippen LogP) is 1.54. The standard InChI is InChI=1S/C20H24Cl2N6O2/c1-24-6-8-27(9-7-24)12-16-23-18-17(19(29)26(3)20(30)25(18)2)28(16)11-13-4-5-14(21)10-15(13)22/h4-5,10H,6-9,11-12H2,1-3H3. The fourth-order valence-electron chi connectivity index (χ4n) is 3.81. The second kappa shape index (κ2) is 8.19. The van der Waals surface area contributed by atoms with E-state index in [9.17, 15) is 9.59 Å². The van der Waals surface area contributed by atoms with Gasteiger partial charge in [0, 0.05) is 50.3 Å². The van der Waals surface area contributed by atoms with E-state index >= 15 is 0 Å². The quantitative estimate of drug-likeness (QED) is 0.602. The predicted molar refractivity (Wildman–Crippen MR) is 119 cm³/mol. The molecule has 3 aromatic rings. The van der Waals surface area contributed by atoms with Gasteiger partial charge < -0.3 is 9.47 Å². The van der Waals surface area contributed by atoms with Crippen LogP contribution in [0.15, 0.2) is 27.8 Å². The lowest BCUT2D eigenvalue weighted by molar-refractivity contribution is 0.144. The van der Waals surface area contributed by atoms with E-state index in [2.05, 4.69) is 16.8 Å². The molecule has 1 aliphatic rings. The lowest BCUT2D eigenvalue weighted by Gasteiger charge is -2.32. The SMILES string of the molecule is CN1CCN(Cc2nc3c(c(=O)n(C)c(=O)n3C)n2Cc2ccc(Cl)cc2Cl)CC1. The Morgan fingerprint density at radius 2 is 1.67 bits per heavy atom. The van der Waals surface area contributed by atoms with Crippen LogP contribution in [-0.4, -0.2) is 61.7 Å². The first-order valence-electron chi connectivity index (χ1n) is 9.76. The van der Waals surface area contributed by atoms with E-state index in [0.29, 0.717) is 34.3 Å². The summed E-state index contributed by atoms with van der Waals surface area (Å²) >= 11 is 12.5. The monoisotopic (exact) mass is 450 g/mol. The molecule has 2 aromatic heterocycles. The number of piperazine rings is 1. The van der Waals surface area contributed by atoms with Crippen LogP contribution in [0.5, 0.6) is 0 Å². The van der Waals surface area contributed by atoms with Gasteiger partial charge in [0.25, 0.3) is 5.56 Å². The van der Waals surface area contributed by atoms with Crippen molar-refractivity contribution in [3.8, 4) is 0 Å². The van der Waals surface area contributed by atoms with Gasteiger partial charge in [-0.2, -0.15) is 0 Å². The number of fused-ring (bicyclic) bond motifs is 1. The Hall–Kier alpha value is -2.13. The molecule has 3 heterocycles. The summed E-state index contributed by atoms with van der Waals surface area (Å²) in [6.07, 6.45) is 0. The molecule has 8 nitrogen and oxygen atoms in total. The highest BCUT2D eigenvalue weighted by atomic mass is 35.5. The van der Waals surface area contributed by atoms with Gasteiger partial charge in [0.1, 0.15) is 5.82 Å². The Kier molecular flexibility index (Phi) is 5.76. The fraction of sp³-hybridized carbons (Fsp3) is 0.450. The molecule has 1 aromatic carbocycles. The van der Waals surface area contributed by atoms with Gasteiger partial charge in [-0.3, -0.25) is 18.8 Å². The van der Waals surface area contributed by atoms with Gasteiger partial charge in [0.15, 0.2) is 11.2 Å². The van der Waals surface area contributed by atoms with Gasteiger partial charge in [-0.1, -0.05) is 29.3 Å². The van der Waals surface area contributed by atoms with Crippen LogP contribution in [0.4, 0.5) is 0 Å². The molecule has 1 aliphatic heterocycles. The van der Waals surface area contributed by atoms with Crippen LogP contribution in [0, 0.1) is 0 Å². The zero-order chi connectivity index (χ0) is 21.6. The molecule has 0 saturated carbocycles. The zero-order valence-corrected chi connectivity index (χ0v) is 18.7. The summed E-state index contributed by atoms with van der Waals surface area (Å²) in [5.41, 5.74) is 0.853. The molecule has 10 heteroatoms. The van der Waals surface area contributed by atoms with E-state index in [4.69, 9.17) is 28.2 Å². The molecule has 4 rings (SSSR count).